The Hall–Kier alpha value is -0.960. The molecule has 1 aromatic rings. The highest BCUT2D eigenvalue weighted by Gasteiger charge is 2.08. The van der Waals surface area contributed by atoms with Gasteiger partial charge in [0.15, 0.2) is 0 Å². The maximum atomic E-state index is 11.9. The minimum Gasteiger partial charge on any atom is -0.374 e. The maximum Gasteiger partial charge on any atom is 0.239 e. The minimum atomic E-state index is -2.28. The molecule has 0 amide bonds. The summed E-state index contributed by atoms with van der Waals surface area (Å²) in [5, 5.41) is 0. The molecule has 0 bridgehead atoms. The zero-order chi connectivity index (χ0) is 11.1. The van der Waals surface area contributed by atoms with Crippen LogP contribution in [0.5, 0.6) is 0 Å². The van der Waals surface area contributed by atoms with Gasteiger partial charge in [-0.05, 0) is 18.9 Å². The Balaban J connectivity index is 2.19. The zero-order valence-corrected chi connectivity index (χ0v) is 8.70. The molecule has 1 radical (unpaired) electrons. The zero-order valence-electron chi connectivity index (χ0n) is 8.70. The van der Waals surface area contributed by atoms with Crippen molar-refractivity contribution < 1.29 is 13.5 Å². The van der Waals surface area contributed by atoms with Gasteiger partial charge in [-0.2, -0.15) is 0 Å². The number of hydrogen-bond acceptors (Lipinski definition) is 1. The lowest BCUT2D eigenvalue weighted by Gasteiger charge is -2.12. The number of benzene rings is 1. The summed E-state index contributed by atoms with van der Waals surface area (Å²) < 4.78 is 29.1. The molecule has 0 spiro atoms. The summed E-state index contributed by atoms with van der Waals surface area (Å²) >= 11 is 0. The molecule has 15 heavy (non-hydrogen) atoms. The summed E-state index contributed by atoms with van der Waals surface area (Å²) in [6, 6.07) is 9.66. The van der Waals surface area contributed by atoms with Gasteiger partial charge in [-0.15, -0.1) is 0 Å². The molecule has 0 aliphatic carbocycles. The van der Waals surface area contributed by atoms with Crippen LogP contribution in [0.3, 0.4) is 0 Å². The first kappa shape index (κ1) is 12.1. The van der Waals surface area contributed by atoms with Gasteiger partial charge in [0.05, 0.1) is 12.7 Å². The molecule has 1 unspecified atom stereocenters. The van der Waals surface area contributed by atoms with Crippen molar-refractivity contribution in [3.8, 4) is 0 Å². The molecule has 1 atom stereocenters. The fraction of sp³-hybridized carbons (Fsp3) is 0.417. The predicted octanol–water partition coefficient (Wildman–Crippen LogP) is 3.45. The minimum absolute atomic E-state index is 0.212. The molecule has 0 aromatic heterocycles. The average Bonchev–Trinajstić information content (AvgIpc) is 2.25. The normalized spacial score (nSPS) is 13.1. The highest BCUT2D eigenvalue weighted by Crippen LogP contribution is 2.09. The van der Waals surface area contributed by atoms with Crippen LogP contribution < -0.4 is 0 Å². The average molecular weight is 213 g/mol. The summed E-state index contributed by atoms with van der Waals surface area (Å²) in [5.74, 6) is 0. The molecule has 0 saturated heterocycles. The Morgan fingerprint density at radius 2 is 1.93 bits per heavy atom. The maximum absolute atomic E-state index is 11.9. The van der Waals surface area contributed by atoms with Crippen LogP contribution in [0.4, 0.5) is 8.78 Å². The fourth-order valence-electron chi connectivity index (χ4n) is 1.16. The highest BCUT2D eigenvalue weighted by molar-refractivity contribution is 5.13. The first-order valence-electron chi connectivity index (χ1n) is 4.95. The molecular weight excluding hydrogens is 198 g/mol. The molecule has 3 heteroatoms. The van der Waals surface area contributed by atoms with Crippen LogP contribution in [-0.4, -0.2) is 12.5 Å². The first-order valence-corrected chi connectivity index (χ1v) is 4.95. The topological polar surface area (TPSA) is 9.23 Å². The first-order chi connectivity index (χ1) is 7.18. The Kier molecular flexibility index (Phi) is 5.26. The number of halogens is 2. The van der Waals surface area contributed by atoms with E-state index in [1.807, 2.05) is 30.3 Å². The molecule has 0 saturated carbocycles. The monoisotopic (exact) mass is 213 g/mol. The van der Waals surface area contributed by atoms with E-state index in [4.69, 9.17) is 4.74 Å². The van der Waals surface area contributed by atoms with Crippen molar-refractivity contribution in [2.45, 2.75) is 32.5 Å². The lowest BCUT2D eigenvalue weighted by Crippen LogP contribution is -2.10. The van der Waals surface area contributed by atoms with Gasteiger partial charge in [0.1, 0.15) is 0 Å². The second-order valence-electron chi connectivity index (χ2n) is 3.36. The molecule has 0 heterocycles. The van der Waals surface area contributed by atoms with Crippen molar-refractivity contribution >= 4 is 0 Å². The second-order valence-corrected chi connectivity index (χ2v) is 3.36. The highest BCUT2D eigenvalue weighted by atomic mass is 19.3. The van der Waals surface area contributed by atoms with E-state index in [0.29, 0.717) is 6.61 Å². The van der Waals surface area contributed by atoms with E-state index in [0.717, 1.165) is 5.56 Å². The van der Waals surface area contributed by atoms with Gasteiger partial charge < -0.3 is 4.74 Å². The summed E-state index contributed by atoms with van der Waals surface area (Å²) in [6.45, 7) is 2.23. The van der Waals surface area contributed by atoms with Crippen molar-refractivity contribution in [2.24, 2.45) is 0 Å². The van der Waals surface area contributed by atoms with Gasteiger partial charge in [-0.25, -0.2) is 8.78 Å². The van der Waals surface area contributed by atoms with E-state index in [1.165, 1.54) is 6.42 Å². The Morgan fingerprint density at radius 1 is 1.27 bits per heavy atom. The van der Waals surface area contributed by atoms with Crippen molar-refractivity contribution in [1.82, 2.24) is 0 Å². The number of rotatable bonds is 6. The molecular formula is C12H15F2O. The van der Waals surface area contributed by atoms with Crippen molar-refractivity contribution in [1.29, 1.82) is 0 Å². The van der Waals surface area contributed by atoms with Gasteiger partial charge in [0.25, 0.3) is 0 Å². The standard InChI is InChI=1S/C12H15F2O/c1-10(7-8-12(13)14)15-9-11-5-3-2-4-6-11/h2-7,10,12H,8-9H2,1H3. The van der Waals surface area contributed by atoms with E-state index in [2.05, 4.69) is 0 Å². The smallest absolute Gasteiger partial charge is 0.239 e. The lowest BCUT2D eigenvalue weighted by atomic mass is 10.2. The lowest BCUT2D eigenvalue weighted by molar-refractivity contribution is 0.0610. The van der Waals surface area contributed by atoms with E-state index in [1.54, 1.807) is 6.92 Å². The SMILES string of the molecule is CC([CH]CC(F)F)OCc1ccccc1. The van der Waals surface area contributed by atoms with Crippen LogP contribution >= 0.6 is 0 Å². The van der Waals surface area contributed by atoms with Gasteiger partial charge in [0.2, 0.25) is 6.43 Å². The summed E-state index contributed by atoms with van der Waals surface area (Å²) in [5.41, 5.74) is 1.05. The third kappa shape index (κ3) is 5.47. The Bertz CT molecular complexity index is 262. The third-order valence-electron chi connectivity index (χ3n) is 2.00. The largest absolute Gasteiger partial charge is 0.374 e. The van der Waals surface area contributed by atoms with E-state index < -0.39 is 6.43 Å². The van der Waals surface area contributed by atoms with Crippen LogP contribution in [-0.2, 0) is 11.3 Å². The van der Waals surface area contributed by atoms with Crippen LogP contribution in [0.25, 0.3) is 0 Å². The van der Waals surface area contributed by atoms with E-state index in [-0.39, 0.29) is 12.5 Å². The molecule has 1 nitrogen and oxygen atoms in total. The van der Waals surface area contributed by atoms with Crippen LogP contribution in [0.2, 0.25) is 0 Å². The van der Waals surface area contributed by atoms with Gasteiger partial charge >= 0.3 is 0 Å². The molecule has 0 fully saturated rings. The molecule has 0 aliphatic rings. The van der Waals surface area contributed by atoms with Crippen LogP contribution in [0.15, 0.2) is 30.3 Å². The number of ether oxygens (including phenoxy) is 1. The van der Waals surface area contributed by atoms with Gasteiger partial charge in [-0.3, -0.25) is 0 Å². The van der Waals surface area contributed by atoms with Gasteiger partial charge in [0, 0.05) is 6.42 Å². The molecule has 83 valence electrons. The van der Waals surface area contributed by atoms with Crippen molar-refractivity contribution in [3.63, 3.8) is 0 Å². The second kappa shape index (κ2) is 6.51. The summed E-state index contributed by atoms with van der Waals surface area (Å²) in [4.78, 5) is 0. The number of alkyl halides is 2. The molecule has 1 aromatic carbocycles. The van der Waals surface area contributed by atoms with Gasteiger partial charge in [-0.1, -0.05) is 30.3 Å². The summed E-state index contributed by atoms with van der Waals surface area (Å²) in [7, 11) is 0. The predicted molar refractivity (Wildman–Crippen MR) is 55.6 cm³/mol. The van der Waals surface area contributed by atoms with Crippen molar-refractivity contribution in [3.05, 3.63) is 42.3 Å². The molecule has 1 rings (SSSR count). The van der Waals surface area contributed by atoms with Crippen LogP contribution in [0.1, 0.15) is 18.9 Å². The fourth-order valence-corrected chi connectivity index (χ4v) is 1.16. The Morgan fingerprint density at radius 3 is 2.53 bits per heavy atom. The molecule has 0 aliphatic heterocycles. The Labute approximate surface area is 89.1 Å². The van der Waals surface area contributed by atoms with E-state index >= 15 is 0 Å². The number of hydrogen-bond donors (Lipinski definition) is 0. The molecule has 0 N–H and O–H groups in total. The summed E-state index contributed by atoms with van der Waals surface area (Å²) in [6.07, 6.45) is -1.24. The van der Waals surface area contributed by atoms with Crippen LogP contribution in [0, 0.1) is 6.42 Å². The third-order valence-corrected chi connectivity index (χ3v) is 2.00. The van der Waals surface area contributed by atoms with E-state index in [9.17, 15) is 8.78 Å². The quantitative estimate of drug-likeness (QED) is 0.703. The van der Waals surface area contributed by atoms with Crippen molar-refractivity contribution in [2.75, 3.05) is 0 Å².